The topological polar surface area (TPSA) is 40.5 Å². The van der Waals surface area contributed by atoms with Gasteiger partial charge >= 0.3 is 0 Å². The zero-order valence-corrected chi connectivity index (χ0v) is 10.3. The maximum Gasteiger partial charge on any atom is 0.268 e. The molecule has 3 rings (SSSR count). The Kier molecular flexibility index (Phi) is 2.43. The summed E-state index contributed by atoms with van der Waals surface area (Å²) in [6.45, 7) is 0. The lowest BCUT2D eigenvalue weighted by atomic mass is 9.87. The van der Waals surface area contributed by atoms with E-state index in [2.05, 4.69) is 0 Å². The average Bonchev–Trinajstić information content (AvgIpc) is 2.63. The van der Waals surface area contributed by atoms with Crippen LogP contribution in [-0.2, 0) is 10.4 Å². The number of benzene rings is 2. The Morgan fingerprint density at radius 3 is 2.53 bits per heavy atom. The molecule has 0 aliphatic carbocycles. The summed E-state index contributed by atoms with van der Waals surface area (Å²) in [5.74, 6) is -0.949. The van der Waals surface area contributed by atoms with Gasteiger partial charge in [0.15, 0.2) is 5.60 Å². The van der Waals surface area contributed by atoms with Crippen LogP contribution in [-0.4, -0.2) is 18.1 Å². The number of rotatable bonds is 1. The summed E-state index contributed by atoms with van der Waals surface area (Å²) in [6, 6.07) is 12.6. The van der Waals surface area contributed by atoms with E-state index in [9.17, 15) is 14.3 Å². The second-order valence-electron chi connectivity index (χ2n) is 4.60. The Labute approximate surface area is 109 Å². The Bertz CT molecular complexity index is 656. The molecule has 96 valence electrons. The van der Waals surface area contributed by atoms with Gasteiger partial charge in [0, 0.05) is 12.6 Å². The highest BCUT2D eigenvalue weighted by Crippen LogP contribution is 2.43. The predicted octanol–water partition coefficient (Wildman–Crippen LogP) is 2.04. The second-order valence-corrected chi connectivity index (χ2v) is 4.60. The second kappa shape index (κ2) is 3.90. The molecule has 0 spiro atoms. The minimum Gasteiger partial charge on any atom is -0.372 e. The summed E-state index contributed by atoms with van der Waals surface area (Å²) in [7, 11) is 1.57. The van der Waals surface area contributed by atoms with Crippen molar-refractivity contribution in [1.82, 2.24) is 0 Å². The highest BCUT2D eigenvalue weighted by Gasteiger charge is 2.49. The van der Waals surface area contributed by atoms with Crippen LogP contribution < -0.4 is 4.90 Å². The monoisotopic (exact) mass is 257 g/mol. The maximum atomic E-state index is 13.4. The van der Waals surface area contributed by atoms with E-state index in [1.54, 1.807) is 37.4 Å². The lowest BCUT2D eigenvalue weighted by Gasteiger charge is -2.22. The molecule has 1 amide bonds. The third-order valence-electron chi connectivity index (χ3n) is 3.52. The van der Waals surface area contributed by atoms with Crippen molar-refractivity contribution in [2.24, 2.45) is 0 Å². The molecule has 0 unspecified atom stereocenters. The first-order valence-corrected chi connectivity index (χ1v) is 5.91. The molecule has 0 bridgehead atoms. The maximum absolute atomic E-state index is 13.4. The molecular formula is C15H12FNO2. The van der Waals surface area contributed by atoms with Gasteiger partial charge in [0.25, 0.3) is 5.91 Å². The lowest BCUT2D eigenvalue weighted by molar-refractivity contribution is -0.131. The van der Waals surface area contributed by atoms with Gasteiger partial charge in [0.2, 0.25) is 0 Å². The molecule has 1 atom stereocenters. The number of anilines is 1. The minimum absolute atomic E-state index is 0.284. The number of amides is 1. The van der Waals surface area contributed by atoms with E-state index in [0.717, 1.165) is 0 Å². The number of halogens is 1. The number of carbonyl (C=O) groups is 1. The number of hydrogen-bond donors (Lipinski definition) is 1. The van der Waals surface area contributed by atoms with E-state index in [1.165, 1.54) is 23.1 Å². The lowest BCUT2D eigenvalue weighted by Crippen LogP contribution is -2.39. The van der Waals surface area contributed by atoms with E-state index in [1.807, 2.05) is 0 Å². The predicted molar refractivity (Wildman–Crippen MR) is 69.3 cm³/mol. The molecule has 3 nitrogen and oxygen atoms in total. The number of carbonyl (C=O) groups excluding carboxylic acids is 1. The van der Waals surface area contributed by atoms with Gasteiger partial charge in [-0.3, -0.25) is 4.79 Å². The number of nitrogens with zero attached hydrogens (tertiary/aromatic N) is 1. The minimum atomic E-state index is -1.81. The van der Waals surface area contributed by atoms with Crippen molar-refractivity contribution in [2.45, 2.75) is 5.60 Å². The van der Waals surface area contributed by atoms with E-state index in [0.29, 0.717) is 11.3 Å². The summed E-state index contributed by atoms with van der Waals surface area (Å²) in [4.78, 5) is 13.7. The summed E-state index contributed by atoms with van der Waals surface area (Å²) in [5.41, 5.74) is -0.562. The normalized spacial score (nSPS) is 21.6. The van der Waals surface area contributed by atoms with Crippen molar-refractivity contribution >= 4 is 11.6 Å². The van der Waals surface area contributed by atoms with Gasteiger partial charge in [-0.25, -0.2) is 4.39 Å². The third-order valence-corrected chi connectivity index (χ3v) is 3.52. The number of fused-ring (bicyclic) bond motifs is 1. The van der Waals surface area contributed by atoms with E-state index in [-0.39, 0.29) is 5.56 Å². The molecule has 2 aromatic carbocycles. The molecule has 2 aromatic rings. The molecule has 0 radical (unpaired) electrons. The summed E-state index contributed by atoms with van der Waals surface area (Å²) < 4.78 is 13.4. The molecule has 1 aliphatic rings. The SMILES string of the molecule is CN1C(=O)[C@](O)(c2ccccc2)c2cc(F)ccc21. The molecule has 19 heavy (non-hydrogen) atoms. The molecule has 0 saturated carbocycles. The van der Waals surface area contributed by atoms with Gasteiger partial charge in [-0.15, -0.1) is 0 Å². The summed E-state index contributed by atoms with van der Waals surface area (Å²) >= 11 is 0. The van der Waals surface area contributed by atoms with Crippen LogP contribution in [0.1, 0.15) is 11.1 Å². The van der Waals surface area contributed by atoms with Crippen LogP contribution in [0.5, 0.6) is 0 Å². The van der Waals surface area contributed by atoms with Crippen LogP contribution in [0, 0.1) is 5.82 Å². The molecule has 1 heterocycles. The largest absolute Gasteiger partial charge is 0.372 e. The summed E-state index contributed by atoms with van der Waals surface area (Å²) in [6.07, 6.45) is 0. The highest BCUT2D eigenvalue weighted by molar-refractivity contribution is 6.08. The van der Waals surface area contributed by atoms with Crippen LogP contribution in [0.25, 0.3) is 0 Å². The van der Waals surface area contributed by atoms with E-state index in [4.69, 9.17) is 0 Å². The smallest absolute Gasteiger partial charge is 0.268 e. The van der Waals surface area contributed by atoms with Gasteiger partial charge < -0.3 is 10.0 Å². The van der Waals surface area contributed by atoms with Gasteiger partial charge in [0.1, 0.15) is 5.82 Å². The van der Waals surface area contributed by atoms with Crippen LogP contribution in [0.15, 0.2) is 48.5 Å². The molecule has 0 fully saturated rings. The Morgan fingerprint density at radius 1 is 1.16 bits per heavy atom. The summed E-state index contributed by atoms with van der Waals surface area (Å²) in [5, 5.41) is 10.8. The first-order chi connectivity index (χ1) is 9.05. The fourth-order valence-corrected chi connectivity index (χ4v) is 2.52. The van der Waals surface area contributed by atoms with E-state index >= 15 is 0 Å². The van der Waals surface area contributed by atoms with Gasteiger partial charge in [-0.2, -0.15) is 0 Å². The Morgan fingerprint density at radius 2 is 1.84 bits per heavy atom. The zero-order valence-electron chi connectivity index (χ0n) is 10.3. The molecule has 0 aromatic heterocycles. The van der Waals surface area contributed by atoms with Gasteiger partial charge in [0.05, 0.1) is 5.69 Å². The standard InChI is InChI=1S/C15H12FNO2/c1-17-13-8-7-11(16)9-12(13)15(19,14(17)18)10-5-3-2-4-6-10/h2-9,19H,1H3/t15-/m0/s1. The van der Waals surface area contributed by atoms with Crippen LogP contribution in [0.3, 0.4) is 0 Å². The Balaban J connectivity index is 2.29. The zero-order chi connectivity index (χ0) is 13.6. The van der Waals surface area contributed by atoms with Crippen LogP contribution in [0.4, 0.5) is 10.1 Å². The molecule has 4 heteroatoms. The molecule has 1 N–H and O–H groups in total. The van der Waals surface area contributed by atoms with Crippen molar-refractivity contribution in [2.75, 3.05) is 11.9 Å². The van der Waals surface area contributed by atoms with Gasteiger partial charge in [-0.05, 0) is 23.8 Å². The van der Waals surface area contributed by atoms with E-state index < -0.39 is 17.3 Å². The first kappa shape index (κ1) is 11.9. The van der Waals surface area contributed by atoms with Crippen molar-refractivity contribution in [3.63, 3.8) is 0 Å². The van der Waals surface area contributed by atoms with Gasteiger partial charge in [-0.1, -0.05) is 30.3 Å². The van der Waals surface area contributed by atoms with Crippen LogP contribution in [0.2, 0.25) is 0 Å². The first-order valence-electron chi connectivity index (χ1n) is 5.91. The fraction of sp³-hybridized carbons (Fsp3) is 0.133. The van der Waals surface area contributed by atoms with Crippen molar-refractivity contribution in [1.29, 1.82) is 0 Å². The molecule has 0 saturated heterocycles. The van der Waals surface area contributed by atoms with Crippen molar-refractivity contribution in [3.05, 3.63) is 65.5 Å². The number of hydrogen-bond acceptors (Lipinski definition) is 2. The fourth-order valence-electron chi connectivity index (χ4n) is 2.52. The molecule has 1 aliphatic heterocycles. The van der Waals surface area contributed by atoms with Crippen molar-refractivity contribution in [3.8, 4) is 0 Å². The van der Waals surface area contributed by atoms with Crippen LogP contribution >= 0.6 is 0 Å². The average molecular weight is 257 g/mol. The highest BCUT2D eigenvalue weighted by atomic mass is 19.1. The van der Waals surface area contributed by atoms with Crippen molar-refractivity contribution < 1.29 is 14.3 Å². The number of aliphatic hydroxyl groups is 1. The molecular weight excluding hydrogens is 245 g/mol. The third kappa shape index (κ3) is 1.50. The number of likely N-dealkylation sites (N-methyl/N-ethyl adjacent to an activating group) is 1. The Hall–Kier alpha value is -2.20. The quantitative estimate of drug-likeness (QED) is 0.849.